The molecule has 1 amide bonds. The fraction of sp³-hybridized carbons (Fsp3) is 0.192. The Labute approximate surface area is 223 Å². The van der Waals surface area contributed by atoms with Gasteiger partial charge in [0.05, 0.1) is 22.8 Å². The minimum absolute atomic E-state index is 0.134. The van der Waals surface area contributed by atoms with Crippen molar-refractivity contribution >= 4 is 61.4 Å². The second-order valence-electron chi connectivity index (χ2n) is 8.59. The van der Waals surface area contributed by atoms with E-state index in [4.69, 9.17) is 16.0 Å². The van der Waals surface area contributed by atoms with Crippen molar-refractivity contribution in [1.29, 1.82) is 0 Å². The number of anilines is 1. The summed E-state index contributed by atoms with van der Waals surface area (Å²) in [6, 6.07) is 14.6. The monoisotopic (exact) mass is 590 g/mol. The van der Waals surface area contributed by atoms with Gasteiger partial charge in [0.2, 0.25) is 0 Å². The van der Waals surface area contributed by atoms with Crippen LogP contribution in [-0.4, -0.2) is 21.7 Å². The molecule has 5 rings (SSSR count). The highest BCUT2D eigenvalue weighted by molar-refractivity contribution is 9.10. The molecule has 36 heavy (non-hydrogen) atoms. The molecule has 3 aromatic carbocycles. The molecule has 6 nitrogen and oxygen atoms in total. The third kappa shape index (κ3) is 4.80. The third-order valence-electron chi connectivity index (χ3n) is 6.18. The van der Waals surface area contributed by atoms with Gasteiger partial charge >= 0.3 is 0 Å². The Hall–Kier alpha value is -2.72. The molecule has 0 aliphatic heterocycles. The Morgan fingerprint density at radius 1 is 1.22 bits per heavy atom. The zero-order valence-corrected chi connectivity index (χ0v) is 22.2. The van der Waals surface area contributed by atoms with E-state index in [0.29, 0.717) is 38.6 Å². The van der Waals surface area contributed by atoms with E-state index in [9.17, 15) is 17.9 Å². The summed E-state index contributed by atoms with van der Waals surface area (Å²) in [6.07, 6.45) is 1.87. The quantitative estimate of drug-likeness (QED) is 0.226. The Bertz CT molecular complexity index is 1500. The van der Waals surface area contributed by atoms with Crippen molar-refractivity contribution in [1.82, 2.24) is 5.32 Å². The number of fused-ring (bicyclic) bond motifs is 1. The van der Waals surface area contributed by atoms with Gasteiger partial charge < -0.3 is 9.73 Å². The molecule has 0 saturated heterocycles. The van der Waals surface area contributed by atoms with E-state index in [1.54, 1.807) is 30.3 Å². The number of hydrogen-bond acceptors (Lipinski definition) is 3. The predicted octanol–water partition coefficient (Wildman–Crippen LogP) is 7.04. The second kappa shape index (κ2) is 9.97. The van der Waals surface area contributed by atoms with Crippen LogP contribution in [0.1, 0.15) is 40.2 Å². The standard InChI is InChI=1S/C26H21BrClFN2O4S/c1-30-26(32)24-19-11-18(15-3-4-15)22(12-23(19)35-25(24)16-5-7-17(29)8-6-16)31(36(33)34)13-14-2-9-20(27)21(28)10-14/h2,5-12,15H,3-4,13H2,1H3,(H,30,32)(H,33,34). The number of nitrogens with one attached hydrogen (secondary N) is 1. The zero-order valence-electron chi connectivity index (χ0n) is 19.1. The van der Waals surface area contributed by atoms with Crippen LogP contribution in [0, 0.1) is 5.82 Å². The zero-order chi connectivity index (χ0) is 25.6. The fourth-order valence-electron chi connectivity index (χ4n) is 4.27. The molecular weight excluding hydrogens is 571 g/mol. The number of halogens is 3. The summed E-state index contributed by atoms with van der Waals surface area (Å²) in [5, 5.41) is 3.75. The normalized spacial score (nSPS) is 14.1. The smallest absolute Gasteiger partial charge is 0.262 e. The largest absolute Gasteiger partial charge is 0.455 e. The van der Waals surface area contributed by atoms with Gasteiger partial charge in [-0.1, -0.05) is 17.7 Å². The maximum Gasteiger partial charge on any atom is 0.262 e. The van der Waals surface area contributed by atoms with Crippen LogP contribution in [-0.2, 0) is 17.8 Å². The first-order valence-electron chi connectivity index (χ1n) is 11.2. The van der Waals surface area contributed by atoms with E-state index >= 15 is 0 Å². The summed E-state index contributed by atoms with van der Waals surface area (Å²) in [5.41, 5.74) is 3.44. The van der Waals surface area contributed by atoms with E-state index in [1.165, 1.54) is 23.5 Å². The number of carbonyl (C=O) groups is 1. The Morgan fingerprint density at radius 3 is 2.56 bits per heavy atom. The summed E-state index contributed by atoms with van der Waals surface area (Å²) in [4.78, 5) is 12.9. The summed E-state index contributed by atoms with van der Waals surface area (Å²) in [6.45, 7) is 0.134. The van der Waals surface area contributed by atoms with Crippen molar-refractivity contribution in [3.05, 3.63) is 86.6 Å². The predicted molar refractivity (Wildman–Crippen MR) is 143 cm³/mol. The van der Waals surface area contributed by atoms with Gasteiger partial charge in [0.15, 0.2) is 0 Å². The molecule has 10 heteroatoms. The number of amides is 1. The first kappa shape index (κ1) is 25.0. The number of benzene rings is 3. The van der Waals surface area contributed by atoms with Crippen molar-refractivity contribution in [2.45, 2.75) is 25.3 Å². The van der Waals surface area contributed by atoms with Gasteiger partial charge in [-0.3, -0.25) is 13.7 Å². The highest BCUT2D eigenvalue weighted by Gasteiger charge is 2.32. The van der Waals surface area contributed by atoms with Gasteiger partial charge in [-0.05, 0) is 88.3 Å². The van der Waals surface area contributed by atoms with Gasteiger partial charge in [-0.2, -0.15) is 0 Å². The van der Waals surface area contributed by atoms with Crippen molar-refractivity contribution < 1.29 is 22.4 Å². The minimum atomic E-state index is -2.34. The fourth-order valence-corrected chi connectivity index (χ4v) is 5.31. The van der Waals surface area contributed by atoms with Crippen molar-refractivity contribution in [2.75, 3.05) is 11.4 Å². The van der Waals surface area contributed by atoms with E-state index < -0.39 is 17.1 Å². The first-order chi connectivity index (χ1) is 17.3. The molecule has 0 radical (unpaired) electrons. The van der Waals surface area contributed by atoms with Gasteiger partial charge in [0.1, 0.15) is 17.2 Å². The van der Waals surface area contributed by atoms with Crippen LogP contribution >= 0.6 is 27.5 Å². The topological polar surface area (TPSA) is 82.8 Å². The molecule has 0 spiro atoms. The molecule has 4 aromatic rings. The summed E-state index contributed by atoms with van der Waals surface area (Å²) >= 11 is 7.27. The molecule has 1 fully saturated rings. The van der Waals surface area contributed by atoms with Crippen molar-refractivity contribution in [2.24, 2.45) is 0 Å². The lowest BCUT2D eigenvalue weighted by molar-refractivity contribution is 0.0964. The van der Waals surface area contributed by atoms with Crippen molar-refractivity contribution in [3.63, 3.8) is 0 Å². The van der Waals surface area contributed by atoms with Crippen LogP contribution in [0.3, 0.4) is 0 Å². The van der Waals surface area contributed by atoms with E-state index in [1.807, 2.05) is 12.1 Å². The Kier molecular flexibility index (Phi) is 6.91. The van der Waals surface area contributed by atoms with Crippen molar-refractivity contribution in [3.8, 4) is 11.3 Å². The maximum absolute atomic E-state index is 13.5. The summed E-state index contributed by atoms with van der Waals surface area (Å²) in [7, 11) is 1.53. The SMILES string of the molecule is CNC(=O)c1c(-c2ccc(F)cc2)oc2cc(N(Cc3ccc(Br)c(Cl)c3)S(=O)O)c(C3CC3)cc12. The van der Waals surface area contributed by atoms with Gasteiger partial charge in [0.25, 0.3) is 17.2 Å². The van der Waals surface area contributed by atoms with E-state index in [0.717, 1.165) is 28.4 Å². The van der Waals surface area contributed by atoms with Crippen LogP contribution < -0.4 is 9.62 Å². The minimum Gasteiger partial charge on any atom is -0.455 e. The number of nitrogens with zero attached hydrogens (tertiary/aromatic N) is 1. The molecule has 2 N–H and O–H groups in total. The molecule has 1 aromatic heterocycles. The molecule has 186 valence electrons. The average Bonchev–Trinajstić information content (AvgIpc) is 3.64. The lowest BCUT2D eigenvalue weighted by Crippen LogP contribution is -2.25. The van der Waals surface area contributed by atoms with Crippen LogP contribution in [0.25, 0.3) is 22.3 Å². The third-order valence-corrected chi connectivity index (χ3v) is 8.12. The van der Waals surface area contributed by atoms with Gasteiger partial charge in [0, 0.05) is 28.5 Å². The van der Waals surface area contributed by atoms with Crippen LogP contribution in [0.4, 0.5) is 10.1 Å². The van der Waals surface area contributed by atoms with E-state index in [-0.39, 0.29) is 18.4 Å². The second-order valence-corrected chi connectivity index (χ2v) is 10.8. The number of rotatable bonds is 7. The average molecular weight is 592 g/mol. The molecule has 1 saturated carbocycles. The molecule has 0 bridgehead atoms. The van der Waals surface area contributed by atoms with Crippen LogP contribution in [0.5, 0.6) is 0 Å². The highest BCUT2D eigenvalue weighted by atomic mass is 79.9. The molecule has 1 heterocycles. The van der Waals surface area contributed by atoms with Crippen LogP contribution in [0.15, 0.2) is 63.5 Å². The van der Waals surface area contributed by atoms with Gasteiger partial charge in [-0.15, -0.1) is 0 Å². The molecule has 1 aliphatic rings. The van der Waals surface area contributed by atoms with E-state index in [2.05, 4.69) is 21.2 Å². The van der Waals surface area contributed by atoms with Crippen LogP contribution in [0.2, 0.25) is 5.02 Å². The summed E-state index contributed by atoms with van der Waals surface area (Å²) < 4.78 is 44.6. The molecule has 1 aliphatic carbocycles. The summed E-state index contributed by atoms with van der Waals surface area (Å²) in [5.74, 6) is -0.233. The molecule has 1 atom stereocenters. The lowest BCUT2D eigenvalue weighted by Gasteiger charge is -2.23. The Morgan fingerprint density at radius 2 is 1.94 bits per heavy atom. The highest BCUT2D eigenvalue weighted by Crippen LogP contribution is 2.48. The molecular formula is C26H21BrClFN2O4S. The van der Waals surface area contributed by atoms with Gasteiger partial charge in [-0.25, -0.2) is 8.60 Å². The molecule has 1 unspecified atom stereocenters. The first-order valence-corrected chi connectivity index (χ1v) is 13.4. The number of carbonyl (C=O) groups excluding carboxylic acids is 1. The number of furan rings is 1. The maximum atomic E-state index is 13.5. The lowest BCUT2D eigenvalue weighted by atomic mass is 10.00. The number of hydrogen-bond donors (Lipinski definition) is 2. The Balaban J connectivity index is 1.68.